The molecule has 0 radical (unpaired) electrons. The van der Waals surface area contributed by atoms with E-state index >= 15 is 0 Å². The number of rotatable bonds is 27. The molecule has 37 heavy (non-hydrogen) atoms. The van der Waals surface area contributed by atoms with Gasteiger partial charge < -0.3 is 30.3 Å². The van der Waals surface area contributed by atoms with Crippen LogP contribution in [-0.4, -0.2) is 76.1 Å². The number of unbranched alkanes of at least 4 members (excludes halogenated alkanes) is 18. The number of hydrogen-bond donors (Lipinski definition) is 5. The van der Waals surface area contributed by atoms with E-state index in [2.05, 4.69) is 13.8 Å². The first-order chi connectivity index (χ1) is 18.0. The van der Waals surface area contributed by atoms with E-state index < -0.39 is 37.3 Å². The van der Waals surface area contributed by atoms with Crippen LogP contribution in [0.1, 0.15) is 142 Å². The lowest BCUT2D eigenvalue weighted by Crippen LogP contribution is -2.44. The van der Waals surface area contributed by atoms with Crippen molar-refractivity contribution in [1.29, 1.82) is 0 Å². The number of ketones is 1. The molecule has 0 saturated heterocycles. The maximum atomic E-state index is 10.5. The van der Waals surface area contributed by atoms with Crippen LogP contribution in [0.25, 0.3) is 0 Å². The minimum atomic E-state index is -1.86. The van der Waals surface area contributed by atoms with Gasteiger partial charge in [0.25, 0.3) is 0 Å². The summed E-state index contributed by atoms with van der Waals surface area (Å²) in [6.45, 7) is 4.88. The van der Waals surface area contributed by atoms with Crippen LogP contribution in [0.2, 0.25) is 0 Å². The van der Waals surface area contributed by atoms with Crippen LogP contribution in [0.4, 0.5) is 0 Å². The Morgan fingerprint density at radius 3 is 1.19 bits per heavy atom. The standard InChI is InChI=1S/C24H50O.C6H12O6/c1-3-5-7-9-11-13-15-17-19-21-23-25-24-22-20-18-16-14-12-10-8-6-4-2;7-1-3(9)5(11)6(12)4(10)2-8/h3-24H2,1-2H3;3,5-9,11-12H,1-2H2/t;3-,5+,6+/m.1/s1. The van der Waals surface area contributed by atoms with Gasteiger partial charge >= 0.3 is 0 Å². The first-order valence-electron chi connectivity index (χ1n) is 15.3. The molecule has 7 nitrogen and oxygen atoms in total. The Bertz CT molecular complexity index is 426. The van der Waals surface area contributed by atoms with E-state index in [9.17, 15) is 4.79 Å². The van der Waals surface area contributed by atoms with Gasteiger partial charge in [-0.2, -0.15) is 0 Å². The van der Waals surface area contributed by atoms with E-state index in [1.807, 2.05) is 0 Å². The van der Waals surface area contributed by atoms with Gasteiger partial charge in [0.15, 0.2) is 5.78 Å². The highest BCUT2D eigenvalue weighted by molar-refractivity contribution is 5.84. The van der Waals surface area contributed by atoms with Crippen molar-refractivity contribution in [2.24, 2.45) is 0 Å². The summed E-state index contributed by atoms with van der Waals surface area (Å²) >= 11 is 0. The number of hydrogen-bond acceptors (Lipinski definition) is 7. The van der Waals surface area contributed by atoms with E-state index in [0.29, 0.717) is 0 Å². The summed E-state index contributed by atoms with van der Waals surface area (Å²) in [7, 11) is 0. The van der Waals surface area contributed by atoms with Gasteiger partial charge in [-0.1, -0.05) is 129 Å². The number of carbonyl (C=O) groups excluding carboxylic acids is 1. The Balaban J connectivity index is 0. The lowest BCUT2D eigenvalue weighted by Gasteiger charge is -2.19. The normalized spacial score (nSPS) is 13.6. The molecule has 0 rings (SSSR count). The lowest BCUT2D eigenvalue weighted by atomic mass is 10.1. The zero-order valence-electron chi connectivity index (χ0n) is 24.3. The van der Waals surface area contributed by atoms with Crippen molar-refractivity contribution in [1.82, 2.24) is 0 Å². The molecule has 0 unspecified atom stereocenters. The molecule has 0 bridgehead atoms. The van der Waals surface area contributed by atoms with Gasteiger partial charge in [-0.25, -0.2) is 0 Å². The molecule has 0 saturated carbocycles. The minimum absolute atomic E-state index is 0.767. The maximum Gasteiger partial charge on any atom is 0.189 e. The fraction of sp³-hybridized carbons (Fsp3) is 0.967. The van der Waals surface area contributed by atoms with E-state index in [-0.39, 0.29) is 0 Å². The summed E-state index contributed by atoms with van der Waals surface area (Å²) in [5, 5.41) is 43.1. The Kier molecular flexibility index (Phi) is 33.0. The molecule has 5 N–H and O–H groups in total. The molecule has 0 aliphatic rings. The first kappa shape index (κ1) is 38.6. The molecule has 0 aromatic rings. The van der Waals surface area contributed by atoms with Crippen LogP contribution >= 0.6 is 0 Å². The highest BCUT2D eigenvalue weighted by atomic mass is 16.5. The number of Topliss-reactive ketones (excluding diaryl/α,β-unsaturated/α-hetero) is 1. The third-order valence-electron chi connectivity index (χ3n) is 6.67. The van der Waals surface area contributed by atoms with Crippen LogP contribution < -0.4 is 0 Å². The monoisotopic (exact) mass is 534 g/mol. The van der Waals surface area contributed by atoms with Crippen LogP contribution in [-0.2, 0) is 9.53 Å². The second-order valence-corrected chi connectivity index (χ2v) is 10.3. The topological polar surface area (TPSA) is 127 Å². The molecular formula is C30H62O7. The van der Waals surface area contributed by atoms with Crippen molar-refractivity contribution in [3.63, 3.8) is 0 Å². The Labute approximate surface area is 228 Å². The fourth-order valence-electron chi connectivity index (χ4n) is 4.09. The molecule has 224 valence electrons. The summed E-state index contributed by atoms with van der Waals surface area (Å²) in [5.41, 5.74) is 0. The largest absolute Gasteiger partial charge is 0.394 e. The first-order valence-corrected chi connectivity index (χ1v) is 15.3. The quantitative estimate of drug-likeness (QED) is 0.0885. The summed E-state index contributed by atoms with van der Waals surface area (Å²) in [6, 6.07) is 0. The molecule has 0 spiro atoms. The van der Waals surface area contributed by atoms with Gasteiger partial charge in [0.2, 0.25) is 0 Å². The fourth-order valence-corrected chi connectivity index (χ4v) is 4.09. The minimum Gasteiger partial charge on any atom is -0.394 e. The van der Waals surface area contributed by atoms with Gasteiger partial charge in [0.1, 0.15) is 24.9 Å². The van der Waals surface area contributed by atoms with Gasteiger partial charge in [0.05, 0.1) is 6.61 Å². The molecule has 7 heteroatoms. The van der Waals surface area contributed by atoms with Crippen molar-refractivity contribution in [2.75, 3.05) is 26.4 Å². The Morgan fingerprint density at radius 1 is 0.568 bits per heavy atom. The maximum absolute atomic E-state index is 10.5. The second-order valence-electron chi connectivity index (χ2n) is 10.3. The van der Waals surface area contributed by atoms with E-state index in [4.69, 9.17) is 30.3 Å². The Hall–Kier alpha value is -0.570. The Morgan fingerprint density at radius 2 is 0.892 bits per heavy atom. The average Bonchev–Trinajstić information content (AvgIpc) is 2.92. The van der Waals surface area contributed by atoms with Crippen molar-refractivity contribution >= 4 is 5.78 Å². The van der Waals surface area contributed by atoms with Gasteiger partial charge in [-0.05, 0) is 12.8 Å². The van der Waals surface area contributed by atoms with Crippen molar-refractivity contribution < 1.29 is 35.1 Å². The molecule has 3 atom stereocenters. The number of carbonyl (C=O) groups is 1. The molecule has 0 heterocycles. The summed E-state index contributed by atoms with van der Waals surface area (Å²) < 4.78 is 5.78. The molecular weight excluding hydrogens is 472 g/mol. The zero-order chi connectivity index (χ0) is 28.0. The van der Waals surface area contributed by atoms with E-state index in [1.165, 1.54) is 128 Å². The second kappa shape index (κ2) is 31.6. The van der Waals surface area contributed by atoms with Crippen LogP contribution in [0.3, 0.4) is 0 Å². The number of aliphatic hydroxyl groups is 5. The van der Waals surface area contributed by atoms with Crippen molar-refractivity contribution in [3.8, 4) is 0 Å². The summed E-state index contributed by atoms with van der Waals surface area (Å²) in [6.07, 6.45) is 22.9. The predicted molar refractivity (Wildman–Crippen MR) is 152 cm³/mol. The van der Waals surface area contributed by atoms with Gasteiger partial charge in [-0.3, -0.25) is 4.79 Å². The van der Waals surface area contributed by atoms with Crippen molar-refractivity contribution in [2.45, 2.75) is 161 Å². The molecule has 0 amide bonds. The molecule has 0 fully saturated rings. The highest BCUT2D eigenvalue weighted by Gasteiger charge is 2.28. The molecule has 0 aromatic carbocycles. The van der Waals surface area contributed by atoms with Crippen molar-refractivity contribution in [3.05, 3.63) is 0 Å². The van der Waals surface area contributed by atoms with Crippen LogP contribution in [0.5, 0.6) is 0 Å². The predicted octanol–water partition coefficient (Wildman–Crippen LogP) is 5.47. The van der Waals surface area contributed by atoms with Crippen LogP contribution in [0, 0.1) is 0 Å². The molecule has 0 aliphatic carbocycles. The third kappa shape index (κ3) is 28.3. The lowest BCUT2D eigenvalue weighted by molar-refractivity contribution is -0.142. The number of aliphatic hydroxyl groups excluding tert-OH is 5. The molecule has 0 aliphatic heterocycles. The van der Waals surface area contributed by atoms with E-state index in [0.717, 1.165) is 13.2 Å². The number of ether oxygens (including phenoxy) is 1. The van der Waals surface area contributed by atoms with Gasteiger partial charge in [0, 0.05) is 13.2 Å². The SMILES string of the molecule is CCCCCCCCCCCCOCCCCCCCCCCCC.O=C(CO)[C@H](O)[C@@H](O)[C@H](O)CO. The summed E-state index contributed by atoms with van der Waals surface area (Å²) in [4.78, 5) is 10.5. The van der Waals surface area contributed by atoms with E-state index in [1.54, 1.807) is 0 Å². The smallest absolute Gasteiger partial charge is 0.189 e. The van der Waals surface area contributed by atoms with Gasteiger partial charge in [-0.15, -0.1) is 0 Å². The summed E-state index contributed by atoms with van der Waals surface area (Å²) in [5.74, 6) is -1.00. The molecule has 0 aromatic heterocycles. The average molecular weight is 535 g/mol. The third-order valence-corrected chi connectivity index (χ3v) is 6.67. The van der Waals surface area contributed by atoms with Crippen LogP contribution in [0.15, 0.2) is 0 Å². The zero-order valence-corrected chi connectivity index (χ0v) is 24.3. The highest BCUT2D eigenvalue weighted by Crippen LogP contribution is 2.12.